The normalized spacial score (nSPS) is 15.0. The Balaban J connectivity index is 1.77. The first-order chi connectivity index (χ1) is 12.4. The van der Waals surface area contributed by atoms with Crippen LogP contribution in [0.1, 0.15) is 19.3 Å². The van der Waals surface area contributed by atoms with Crippen LogP contribution >= 0.6 is 0 Å². The van der Waals surface area contributed by atoms with Gasteiger partial charge in [0.1, 0.15) is 0 Å². The molecule has 2 aromatic rings. The number of methoxy groups -OCH3 is 1. The molecule has 2 aromatic carbocycles. The average molecular weight is 378 g/mol. The lowest BCUT2D eigenvalue weighted by molar-refractivity contribution is -0.119. The van der Waals surface area contributed by atoms with E-state index in [4.69, 9.17) is 4.74 Å². The number of sulfonamides is 1. The van der Waals surface area contributed by atoms with Crippen molar-refractivity contribution in [2.24, 2.45) is 0 Å². The second-order valence-corrected chi connectivity index (χ2v) is 7.63. The number of nitrogens with one attached hydrogen (secondary N) is 1. The van der Waals surface area contributed by atoms with Crippen LogP contribution in [0, 0.1) is 5.82 Å². The predicted octanol–water partition coefficient (Wildman–Crippen LogP) is 3.15. The van der Waals surface area contributed by atoms with Crippen LogP contribution < -0.4 is 14.4 Å². The van der Waals surface area contributed by atoms with Crippen molar-refractivity contribution < 1.29 is 22.3 Å². The maximum absolute atomic E-state index is 13.8. The van der Waals surface area contributed by atoms with Crippen molar-refractivity contribution >= 4 is 27.3 Å². The Bertz CT molecular complexity index is 913. The third-order valence-electron chi connectivity index (χ3n) is 4.19. The standard InChI is InChI=1S/C18H19FN2O4S/c1-25-17-10-9-15(12-16(17)19)26(23,24)20-13-5-7-14(8-6-13)21-11-3-2-4-18(21)22/h5-10,12,20H,2-4,11H2,1H3. The van der Waals surface area contributed by atoms with Crippen molar-refractivity contribution in [3.05, 3.63) is 48.3 Å². The quantitative estimate of drug-likeness (QED) is 0.867. The Morgan fingerprint density at radius 3 is 2.46 bits per heavy atom. The lowest BCUT2D eigenvalue weighted by Crippen LogP contribution is -2.35. The van der Waals surface area contributed by atoms with E-state index in [-0.39, 0.29) is 16.6 Å². The number of hydrogen-bond acceptors (Lipinski definition) is 4. The number of anilines is 2. The van der Waals surface area contributed by atoms with E-state index in [0.29, 0.717) is 18.7 Å². The fourth-order valence-corrected chi connectivity index (χ4v) is 3.89. The molecule has 1 fully saturated rings. The summed E-state index contributed by atoms with van der Waals surface area (Å²) in [4.78, 5) is 13.4. The number of rotatable bonds is 5. The topological polar surface area (TPSA) is 75.7 Å². The van der Waals surface area contributed by atoms with E-state index in [9.17, 15) is 17.6 Å². The molecule has 0 radical (unpaired) electrons. The van der Waals surface area contributed by atoms with E-state index < -0.39 is 15.8 Å². The van der Waals surface area contributed by atoms with Gasteiger partial charge in [0.15, 0.2) is 11.6 Å². The second kappa shape index (κ2) is 7.33. The van der Waals surface area contributed by atoms with E-state index >= 15 is 0 Å². The van der Waals surface area contributed by atoms with E-state index in [2.05, 4.69) is 4.72 Å². The van der Waals surface area contributed by atoms with Crippen LogP contribution in [0.4, 0.5) is 15.8 Å². The maximum atomic E-state index is 13.8. The largest absolute Gasteiger partial charge is 0.494 e. The molecule has 1 aliphatic rings. The highest BCUT2D eigenvalue weighted by atomic mass is 32.2. The zero-order chi connectivity index (χ0) is 18.7. The Morgan fingerprint density at radius 1 is 1.12 bits per heavy atom. The minimum Gasteiger partial charge on any atom is -0.494 e. The van der Waals surface area contributed by atoms with E-state index in [1.807, 2.05) is 0 Å². The highest BCUT2D eigenvalue weighted by molar-refractivity contribution is 7.92. The number of carbonyl (C=O) groups excluding carboxylic acids is 1. The van der Waals surface area contributed by atoms with Gasteiger partial charge < -0.3 is 9.64 Å². The van der Waals surface area contributed by atoms with E-state index in [0.717, 1.165) is 24.6 Å². The summed E-state index contributed by atoms with van der Waals surface area (Å²) in [5.41, 5.74) is 1.06. The summed E-state index contributed by atoms with van der Waals surface area (Å²) < 4.78 is 45.8. The smallest absolute Gasteiger partial charge is 0.262 e. The molecule has 6 nitrogen and oxygen atoms in total. The Kier molecular flexibility index (Phi) is 5.13. The van der Waals surface area contributed by atoms with Gasteiger partial charge in [0, 0.05) is 24.3 Å². The molecule has 8 heteroatoms. The van der Waals surface area contributed by atoms with Gasteiger partial charge in [-0.15, -0.1) is 0 Å². The Labute approximate surface area is 151 Å². The molecule has 138 valence electrons. The monoisotopic (exact) mass is 378 g/mol. The molecule has 3 rings (SSSR count). The van der Waals surface area contributed by atoms with Gasteiger partial charge in [0.2, 0.25) is 5.91 Å². The zero-order valence-corrected chi connectivity index (χ0v) is 15.1. The first-order valence-electron chi connectivity index (χ1n) is 8.17. The van der Waals surface area contributed by atoms with Gasteiger partial charge in [0.05, 0.1) is 12.0 Å². The molecule has 0 aliphatic carbocycles. The predicted molar refractivity (Wildman–Crippen MR) is 96.4 cm³/mol. The van der Waals surface area contributed by atoms with Crippen molar-refractivity contribution in [2.75, 3.05) is 23.3 Å². The molecule has 1 heterocycles. The van der Waals surface area contributed by atoms with Crippen LogP contribution in [0.2, 0.25) is 0 Å². The number of carbonyl (C=O) groups is 1. The van der Waals surface area contributed by atoms with Crippen LogP contribution in [0.15, 0.2) is 47.4 Å². The molecule has 0 spiro atoms. The van der Waals surface area contributed by atoms with Gasteiger partial charge in [-0.05, 0) is 55.3 Å². The summed E-state index contributed by atoms with van der Waals surface area (Å²) in [6, 6.07) is 9.97. The minimum atomic E-state index is -3.94. The Morgan fingerprint density at radius 2 is 1.85 bits per heavy atom. The Hall–Kier alpha value is -2.61. The fourth-order valence-electron chi connectivity index (χ4n) is 2.82. The van der Waals surface area contributed by atoms with E-state index in [1.165, 1.54) is 19.2 Å². The average Bonchev–Trinajstić information content (AvgIpc) is 2.62. The third kappa shape index (κ3) is 3.80. The molecule has 1 N–H and O–H groups in total. The molecule has 1 saturated heterocycles. The van der Waals surface area contributed by atoms with Gasteiger partial charge >= 0.3 is 0 Å². The second-order valence-electron chi connectivity index (χ2n) is 5.95. The van der Waals surface area contributed by atoms with Gasteiger partial charge in [-0.1, -0.05) is 0 Å². The molecule has 0 unspecified atom stereocenters. The van der Waals surface area contributed by atoms with Crippen LogP contribution in [0.3, 0.4) is 0 Å². The number of nitrogens with zero attached hydrogens (tertiary/aromatic N) is 1. The summed E-state index contributed by atoms with van der Waals surface area (Å²) in [5.74, 6) is -0.716. The zero-order valence-electron chi connectivity index (χ0n) is 14.2. The van der Waals surface area contributed by atoms with Crippen LogP contribution in [0.5, 0.6) is 5.75 Å². The van der Waals surface area contributed by atoms with Crippen molar-refractivity contribution in [2.45, 2.75) is 24.2 Å². The molecular weight excluding hydrogens is 359 g/mol. The number of piperidine rings is 1. The fraction of sp³-hybridized carbons (Fsp3) is 0.278. The lowest BCUT2D eigenvalue weighted by atomic mass is 10.1. The number of ether oxygens (including phenoxy) is 1. The first-order valence-corrected chi connectivity index (χ1v) is 9.66. The number of benzene rings is 2. The van der Waals surface area contributed by atoms with Crippen molar-refractivity contribution in [1.29, 1.82) is 0 Å². The molecule has 0 bridgehead atoms. The van der Waals surface area contributed by atoms with Crippen LogP contribution in [-0.2, 0) is 14.8 Å². The highest BCUT2D eigenvalue weighted by Gasteiger charge is 2.20. The van der Waals surface area contributed by atoms with Crippen LogP contribution in [-0.4, -0.2) is 28.0 Å². The molecule has 1 amide bonds. The summed E-state index contributed by atoms with van der Waals surface area (Å²) in [6.45, 7) is 0.662. The maximum Gasteiger partial charge on any atom is 0.262 e. The van der Waals surface area contributed by atoms with Gasteiger partial charge in [-0.3, -0.25) is 9.52 Å². The van der Waals surface area contributed by atoms with Crippen molar-refractivity contribution in [3.63, 3.8) is 0 Å². The highest BCUT2D eigenvalue weighted by Crippen LogP contribution is 2.25. The van der Waals surface area contributed by atoms with Gasteiger partial charge in [-0.25, -0.2) is 12.8 Å². The number of halogens is 1. The molecule has 0 atom stereocenters. The summed E-state index contributed by atoms with van der Waals surface area (Å²) in [6.07, 6.45) is 2.37. The van der Waals surface area contributed by atoms with Crippen molar-refractivity contribution in [3.8, 4) is 5.75 Å². The SMILES string of the molecule is COc1ccc(S(=O)(=O)Nc2ccc(N3CCCCC3=O)cc2)cc1F. The lowest BCUT2D eigenvalue weighted by Gasteiger charge is -2.26. The summed E-state index contributed by atoms with van der Waals surface area (Å²) >= 11 is 0. The van der Waals surface area contributed by atoms with Gasteiger partial charge in [0.25, 0.3) is 10.0 Å². The van der Waals surface area contributed by atoms with E-state index in [1.54, 1.807) is 29.2 Å². The molecule has 1 aliphatic heterocycles. The molecule has 0 aromatic heterocycles. The minimum absolute atomic E-state index is 0.0282. The third-order valence-corrected chi connectivity index (χ3v) is 5.57. The number of amides is 1. The molecule has 0 saturated carbocycles. The molecule has 26 heavy (non-hydrogen) atoms. The number of hydrogen-bond donors (Lipinski definition) is 1. The first kappa shape index (κ1) is 18.2. The summed E-state index contributed by atoms with van der Waals surface area (Å²) in [7, 11) is -2.63. The van der Waals surface area contributed by atoms with Gasteiger partial charge in [-0.2, -0.15) is 0 Å². The summed E-state index contributed by atoms with van der Waals surface area (Å²) in [5, 5.41) is 0. The molecular formula is C18H19FN2O4S. The van der Waals surface area contributed by atoms with Crippen molar-refractivity contribution in [1.82, 2.24) is 0 Å². The van der Waals surface area contributed by atoms with Crippen LogP contribution in [0.25, 0.3) is 0 Å².